The summed E-state index contributed by atoms with van der Waals surface area (Å²) < 4.78 is 0. The molecule has 0 spiro atoms. The van der Waals surface area contributed by atoms with Crippen LogP contribution in [0.1, 0.15) is 0 Å². The minimum absolute atomic E-state index is 0.645. The van der Waals surface area contributed by atoms with Crippen molar-refractivity contribution in [2.24, 2.45) is 0 Å². The fourth-order valence-corrected chi connectivity index (χ4v) is 5.11. The molecule has 0 amide bonds. The molecule has 7 rings (SSSR count). The van der Waals surface area contributed by atoms with Crippen LogP contribution in [0.5, 0.6) is 0 Å². The summed E-state index contributed by atoms with van der Waals surface area (Å²) in [5, 5.41) is 2.27. The molecule has 0 radical (unpaired) electrons. The lowest BCUT2D eigenvalue weighted by molar-refractivity contribution is 1.08. The monoisotopic (exact) mass is 511 g/mol. The van der Waals surface area contributed by atoms with Crippen LogP contribution in [0.4, 0.5) is 0 Å². The standard InChI is InChI=1S/C37H25N3/c1-4-13-26(14-5-1)30-23-31(27-15-6-2-7-16-27)25-32(24-30)36-38-35(29-18-8-3-9-19-29)39-37(40-36)34-22-12-20-28-17-10-11-21-33(28)34/h1-25H. The Labute approximate surface area is 233 Å². The van der Waals surface area contributed by atoms with Gasteiger partial charge < -0.3 is 0 Å². The molecule has 0 bridgehead atoms. The first-order valence-corrected chi connectivity index (χ1v) is 13.4. The number of fused-ring (bicyclic) bond motifs is 1. The average molecular weight is 512 g/mol. The predicted molar refractivity (Wildman–Crippen MR) is 165 cm³/mol. The van der Waals surface area contributed by atoms with Gasteiger partial charge in [-0.2, -0.15) is 0 Å². The normalized spacial score (nSPS) is 11.0. The molecule has 40 heavy (non-hydrogen) atoms. The lowest BCUT2D eigenvalue weighted by Gasteiger charge is -2.13. The molecule has 0 atom stereocenters. The third-order valence-corrected chi connectivity index (χ3v) is 7.10. The highest BCUT2D eigenvalue weighted by molar-refractivity contribution is 5.95. The molecule has 7 aromatic rings. The molecule has 0 aliphatic heterocycles. The van der Waals surface area contributed by atoms with Gasteiger partial charge in [0.15, 0.2) is 17.5 Å². The number of hydrogen-bond donors (Lipinski definition) is 0. The van der Waals surface area contributed by atoms with E-state index < -0.39 is 0 Å². The Balaban J connectivity index is 1.48. The van der Waals surface area contributed by atoms with Crippen molar-refractivity contribution in [3.63, 3.8) is 0 Å². The molecule has 1 aromatic heterocycles. The second kappa shape index (κ2) is 10.4. The molecule has 0 fully saturated rings. The average Bonchev–Trinajstić information content (AvgIpc) is 3.05. The first-order valence-electron chi connectivity index (χ1n) is 13.4. The first-order chi connectivity index (χ1) is 19.8. The highest BCUT2D eigenvalue weighted by Gasteiger charge is 2.16. The molecule has 0 aliphatic rings. The van der Waals surface area contributed by atoms with Crippen molar-refractivity contribution in [2.45, 2.75) is 0 Å². The van der Waals surface area contributed by atoms with E-state index >= 15 is 0 Å². The van der Waals surface area contributed by atoms with Crippen LogP contribution in [0.3, 0.4) is 0 Å². The molecular weight excluding hydrogens is 486 g/mol. The van der Waals surface area contributed by atoms with E-state index in [0.29, 0.717) is 17.5 Å². The van der Waals surface area contributed by atoms with Gasteiger partial charge in [0.05, 0.1) is 0 Å². The molecule has 0 unspecified atom stereocenters. The lowest BCUT2D eigenvalue weighted by atomic mass is 9.96. The molecule has 3 heteroatoms. The van der Waals surface area contributed by atoms with Crippen LogP contribution in [0.2, 0.25) is 0 Å². The summed E-state index contributed by atoms with van der Waals surface area (Å²) in [6.07, 6.45) is 0. The lowest BCUT2D eigenvalue weighted by Crippen LogP contribution is -2.01. The second-order valence-corrected chi connectivity index (χ2v) is 9.73. The fourth-order valence-electron chi connectivity index (χ4n) is 5.11. The van der Waals surface area contributed by atoms with E-state index in [9.17, 15) is 0 Å². The summed E-state index contributed by atoms with van der Waals surface area (Å²) in [5.74, 6) is 1.96. The van der Waals surface area contributed by atoms with Crippen molar-refractivity contribution in [1.82, 2.24) is 15.0 Å². The zero-order valence-electron chi connectivity index (χ0n) is 21.8. The van der Waals surface area contributed by atoms with Crippen LogP contribution in [0, 0.1) is 0 Å². The summed E-state index contributed by atoms with van der Waals surface area (Å²) in [5.41, 5.74) is 7.41. The van der Waals surface area contributed by atoms with Crippen molar-refractivity contribution < 1.29 is 0 Å². The van der Waals surface area contributed by atoms with E-state index in [0.717, 1.165) is 49.7 Å². The third-order valence-electron chi connectivity index (χ3n) is 7.10. The number of rotatable bonds is 5. The SMILES string of the molecule is c1ccc(-c2cc(-c3ccccc3)cc(-c3nc(-c4ccccc4)nc(-c4cccc5ccccc45)n3)c2)cc1. The van der Waals surface area contributed by atoms with Gasteiger partial charge in [-0.1, -0.05) is 133 Å². The van der Waals surface area contributed by atoms with Crippen LogP contribution in [-0.2, 0) is 0 Å². The highest BCUT2D eigenvalue weighted by atomic mass is 15.0. The van der Waals surface area contributed by atoms with Gasteiger partial charge in [0, 0.05) is 16.7 Å². The van der Waals surface area contributed by atoms with E-state index in [1.54, 1.807) is 0 Å². The van der Waals surface area contributed by atoms with Crippen LogP contribution in [0.15, 0.2) is 152 Å². The summed E-state index contributed by atoms with van der Waals surface area (Å²) in [6, 6.07) is 52.3. The van der Waals surface area contributed by atoms with Crippen LogP contribution >= 0.6 is 0 Å². The number of nitrogens with zero attached hydrogens (tertiary/aromatic N) is 3. The Kier molecular flexibility index (Phi) is 6.15. The van der Waals surface area contributed by atoms with Crippen LogP contribution in [-0.4, -0.2) is 15.0 Å². The van der Waals surface area contributed by atoms with Gasteiger partial charge >= 0.3 is 0 Å². The molecule has 0 N–H and O–H groups in total. The van der Waals surface area contributed by atoms with E-state index in [-0.39, 0.29) is 0 Å². The predicted octanol–water partition coefficient (Wildman–Crippen LogP) is 9.36. The van der Waals surface area contributed by atoms with E-state index in [2.05, 4.69) is 109 Å². The molecule has 0 saturated heterocycles. The van der Waals surface area contributed by atoms with Gasteiger partial charge in [-0.25, -0.2) is 15.0 Å². The van der Waals surface area contributed by atoms with Crippen LogP contribution < -0.4 is 0 Å². The van der Waals surface area contributed by atoms with Crippen molar-refractivity contribution in [3.8, 4) is 56.4 Å². The Hall–Kier alpha value is -5.41. The van der Waals surface area contributed by atoms with Gasteiger partial charge in [0.2, 0.25) is 0 Å². The first kappa shape index (κ1) is 23.7. The zero-order chi connectivity index (χ0) is 26.7. The molecule has 0 aliphatic carbocycles. The highest BCUT2D eigenvalue weighted by Crippen LogP contribution is 2.34. The maximum Gasteiger partial charge on any atom is 0.164 e. The van der Waals surface area contributed by atoms with Gasteiger partial charge in [0.1, 0.15) is 0 Å². The minimum Gasteiger partial charge on any atom is -0.208 e. The molecule has 0 saturated carbocycles. The summed E-state index contributed by atoms with van der Waals surface area (Å²) in [7, 11) is 0. The van der Waals surface area contributed by atoms with E-state index in [4.69, 9.17) is 15.0 Å². The smallest absolute Gasteiger partial charge is 0.164 e. The molecular formula is C37H25N3. The summed E-state index contributed by atoms with van der Waals surface area (Å²) >= 11 is 0. The van der Waals surface area contributed by atoms with E-state index in [1.807, 2.05) is 42.5 Å². The maximum atomic E-state index is 5.10. The number of aromatic nitrogens is 3. The molecule has 1 heterocycles. The topological polar surface area (TPSA) is 38.7 Å². The van der Waals surface area contributed by atoms with Crippen molar-refractivity contribution in [2.75, 3.05) is 0 Å². The maximum absolute atomic E-state index is 5.10. The third kappa shape index (κ3) is 4.65. The fraction of sp³-hybridized carbons (Fsp3) is 0. The molecule has 3 nitrogen and oxygen atoms in total. The Bertz CT molecular complexity index is 1870. The van der Waals surface area contributed by atoms with Crippen LogP contribution in [0.25, 0.3) is 67.2 Å². The van der Waals surface area contributed by atoms with Gasteiger partial charge in [-0.15, -0.1) is 0 Å². The largest absolute Gasteiger partial charge is 0.208 e. The van der Waals surface area contributed by atoms with Crippen molar-refractivity contribution in [1.29, 1.82) is 0 Å². The molecule has 6 aromatic carbocycles. The minimum atomic E-state index is 0.645. The Morgan fingerprint density at radius 2 is 0.750 bits per heavy atom. The zero-order valence-corrected chi connectivity index (χ0v) is 21.8. The second-order valence-electron chi connectivity index (χ2n) is 9.73. The van der Waals surface area contributed by atoms with Gasteiger partial charge in [-0.05, 0) is 51.2 Å². The Morgan fingerprint density at radius 1 is 0.300 bits per heavy atom. The Morgan fingerprint density at radius 3 is 1.38 bits per heavy atom. The number of benzene rings is 6. The summed E-state index contributed by atoms with van der Waals surface area (Å²) in [6.45, 7) is 0. The summed E-state index contributed by atoms with van der Waals surface area (Å²) in [4.78, 5) is 15.1. The molecule has 188 valence electrons. The van der Waals surface area contributed by atoms with Gasteiger partial charge in [-0.3, -0.25) is 0 Å². The van der Waals surface area contributed by atoms with Crippen molar-refractivity contribution >= 4 is 10.8 Å². The van der Waals surface area contributed by atoms with Gasteiger partial charge in [0.25, 0.3) is 0 Å². The quantitative estimate of drug-likeness (QED) is 0.231. The van der Waals surface area contributed by atoms with E-state index in [1.165, 1.54) is 0 Å². The van der Waals surface area contributed by atoms with Crippen molar-refractivity contribution in [3.05, 3.63) is 152 Å². The number of hydrogen-bond acceptors (Lipinski definition) is 3.